The van der Waals surface area contributed by atoms with Crippen molar-refractivity contribution in [3.05, 3.63) is 93.1 Å². The van der Waals surface area contributed by atoms with E-state index in [9.17, 15) is 0 Å². The summed E-state index contributed by atoms with van der Waals surface area (Å²) >= 11 is 0. The molecular weight excluding hydrogens is 288 g/mol. The Labute approximate surface area is 146 Å². The van der Waals surface area contributed by atoms with Crippen LogP contribution in [-0.2, 0) is 0 Å². The highest BCUT2D eigenvalue weighted by molar-refractivity contribution is 5.51. The molecule has 1 aliphatic rings. The van der Waals surface area contributed by atoms with Gasteiger partial charge in [-0.05, 0) is 57.2 Å². The zero-order valence-electron chi connectivity index (χ0n) is 15.6. The highest BCUT2D eigenvalue weighted by Gasteiger charge is 2.23. The highest BCUT2D eigenvalue weighted by atomic mass is 14.3. The van der Waals surface area contributed by atoms with Crippen LogP contribution in [0.15, 0.2) is 59.7 Å². The van der Waals surface area contributed by atoms with Gasteiger partial charge in [0.15, 0.2) is 0 Å². The van der Waals surface area contributed by atoms with Crippen molar-refractivity contribution in [1.82, 2.24) is 0 Å². The predicted molar refractivity (Wildman–Crippen MR) is 105 cm³/mol. The minimum absolute atomic E-state index is 0.368. The molecule has 0 bridgehead atoms. The van der Waals surface area contributed by atoms with Gasteiger partial charge in [-0.3, -0.25) is 0 Å². The zero-order valence-corrected chi connectivity index (χ0v) is 15.6. The van der Waals surface area contributed by atoms with E-state index >= 15 is 0 Å². The van der Waals surface area contributed by atoms with E-state index in [1.54, 1.807) is 5.57 Å². The third-order valence-electron chi connectivity index (χ3n) is 4.95. The van der Waals surface area contributed by atoms with Gasteiger partial charge in [-0.2, -0.15) is 0 Å². The van der Waals surface area contributed by atoms with Crippen molar-refractivity contribution in [2.45, 2.75) is 53.4 Å². The van der Waals surface area contributed by atoms with Gasteiger partial charge in [0.25, 0.3) is 0 Å². The van der Waals surface area contributed by atoms with Crippen LogP contribution in [0.4, 0.5) is 0 Å². The topological polar surface area (TPSA) is 0 Å². The number of rotatable bonds is 4. The summed E-state index contributed by atoms with van der Waals surface area (Å²) in [7, 11) is 0. The molecule has 3 rings (SSSR count). The maximum Gasteiger partial charge on any atom is 0.0308 e. The molecule has 0 saturated carbocycles. The van der Waals surface area contributed by atoms with Crippen LogP contribution in [0.1, 0.15) is 59.1 Å². The van der Waals surface area contributed by atoms with Gasteiger partial charge < -0.3 is 0 Å². The molecule has 0 amide bonds. The first-order chi connectivity index (χ1) is 11.5. The minimum Gasteiger partial charge on any atom is -0.0801 e. The first kappa shape index (κ1) is 16.8. The van der Waals surface area contributed by atoms with Gasteiger partial charge in [-0.15, -0.1) is 0 Å². The van der Waals surface area contributed by atoms with E-state index in [4.69, 9.17) is 0 Å². The Morgan fingerprint density at radius 1 is 0.750 bits per heavy atom. The third-order valence-corrected chi connectivity index (χ3v) is 4.95. The maximum absolute atomic E-state index is 2.37. The molecule has 0 unspecified atom stereocenters. The molecular formula is C24H28. The molecule has 124 valence electrons. The number of aryl methyl sites for hydroxylation is 4. The zero-order chi connectivity index (χ0) is 17.3. The molecule has 0 spiro atoms. The van der Waals surface area contributed by atoms with Crippen molar-refractivity contribution in [2.24, 2.45) is 0 Å². The molecule has 0 saturated heterocycles. The summed E-state index contributed by atoms with van der Waals surface area (Å²) in [4.78, 5) is 0. The van der Waals surface area contributed by atoms with E-state index in [1.165, 1.54) is 39.0 Å². The van der Waals surface area contributed by atoms with E-state index in [2.05, 4.69) is 83.2 Å². The van der Waals surface area contributed by atoms with Gasteiger partial charge in [0.2, 0.25) is 0 Å². The molecule has 0 atom stereocenters. The summed E-state index contributed by atoms with van der Waals surface area (Å²) in [6.07, 6.45) is 6.84. The van der Waals surface area contributed by atoms with Crippen LogP contribution in [0.3, 0.4) is 0 Å². The van der Waals surface area contributed by atoms with E-state index in [1.807, 2.05) is 0 Å². The van der Waals surface area contributed by atoms with Crippen LogP contribution in [0.2, 0.25) is 0 Å². The van der Waals surface area contributed by atoms with Crippen molar-refractivity contribution in [2.75, 3.05) is 0 Å². The van der Waals surface area contributed by atoms with Crippen LogP contribution in [0.5, 0.6) is 0 Å². The van der Waals surface area contributed by atoms with Crippen molar-refractivity contribution >= 4 is 0 Å². The van der Waals surface area contributed by atoms with Crippen LogP contribution in [0, 0.1) is 27.7 Å². The predicted octanol–water partition coefficient (Wildman–Crippen LogP) is 6.72. The van der Waals surface area contributed by atoms with E-state index in [0.717, 1.165) is 12.8 Å². The van der Waals surface area contributed by atoms with E-state index in [-0.39, 0.29) is 0 Å². The second kappa shape index (κ2) is 6.81. The molecule has 1 aliphatic carbocycles. The molecule has 2 aromatic carbocycles. The Morgan fingerprint density at radius 3 is 1.62 bits per heavy atom. The molecule has 0 heterocycles. The average Bonchev–Trinajstić information content (AvgIpc) is 2.93. The molecule has 0 aliphatic heterocycles. The monoisotopic (exact) mass is 316 g/mol. The summed E-state index contributed by atoms with van der Waals surface area (Å²) in [5.41, 5.74) is 11.4. The molecule has 24 heavy (non-hydrogen) atoms. The summed E-state index contributed by atoms with van der Waals surface area (Å²) < 4.78 is 0. The van der Waals surface area contributed by atoms with Gasteiger partial charge in [-0.25, -0.2) is 0 Å². The number of allylic oxidation sites excluding steroid dienone is 4. The molecule has 0 fully saturated rings. The third kappa shape index (κ3) is 3.38. The van der Waals surface area contributed by atoms with E-state index < -0.39 is 0 Å². The highest BCUT2D eigenvalue weighted by Crippen LogP contribution is 2.40. The Hall–Kier alpha value is -2.08. The van der Waals surface area contributed by atoms with Crippen LogP contribution in [-0.4, -0.2) is 0 Å². The van der Waals surface area contributed by atoms with Gasteiger partial charge in [0.1, 0.15) is 0 Å². The Bertz CT molecular complexity index is 726. The fraction of sp³-hybridized carbons (Fsp3) is 0.333. The van der Waals surface area contributed by atoms with Crippen LogP contribution < -0.4 is 0 Å². The molecule has 0 nitrogen and oxygen atoms in total. The normalized spacial score (nSPS) is 14.1. The lowest BCUT2D eigenvalue weighted by molar-refractivity contribution is 0.887. The van der Waals surface area contributed by atoms with Crippen molar-refractivity contribution in [3.8, 4) is 0 Å². The summed E-state index contributed by atoms with van der Waals surface area (Å²) in [6.45, 7) is 11.1. The number of hydrogen-bond acceptors (Lipinski definition) is 0. The molecule has 0 aromatic heterocycles. The Kier molecular flexibility index (Phi) is 4.76. The van der Waals surface area contributed by atoms with Gasteiger partial charge in [0, 0.05) is 5.92 Å². The van der Waals surface area contributed by atoms with Gasteiger partial charge in [0.05, 0.1) is 0 Å². The summed E-state index contributed by atoms with van der Waals surface area (Å²) in [6, 6.07) is 14.0. The summed E-state index contributed by atoms with van der Waals surface area (Å²) in [5.74, 6) is 0.368. The maximum atomic E-state index is 2.37. The van der Waals surface area contributed by atoms with Crippen molar-refractivity contribution in [1.29, 1.82) is 0 Å². The van der Waals surface area contributed by atoms with Gasteiger partial charge in [-0.1, -0.05) is 83.3 Å². The lowest BCUT2D eigenvalue weighted by Gasteiger charge is -2.23. The second-order valence-corrected chi connectivity index (χ2v) is 7.29. The smallest absolute Gasteiger partial charge is 0.0308 e. The molecule has 2 aromatic rings. The lowest BCUT2D eigenvalue weighted by Crippen LogP contribution is -2.07. The van der Waals surface area contributed by atoms with Crippen LogP contribution >= 0.6 is 0 Å². The SMILES string of the molecule is CCC1=C(C(c2cc(C)cc(C)c2)c2cc(C)cc(C)c2)CC=C1. The summed E-state index contributed by atoms with van der Waals surface area (Å²) in [5, 5.41) is 0. The Balaban J connectivity index is 2.21. The fourth-order valence-electron chi connectivity index (χ4n) is 4.16. The quantitative estimate of drug-likeness (QED) is 0.587. The minimum atomic E-state index is 0.368. The van der Waals surface area contributed by atoms with Gasteiger partial charge >= 0.3 is 0 Å². The lowest BCUT2D eigenvalue weighted by atomic mass is 9.80. The number of hydrogen-bond donors (Lipinski definition) is 0. The van der Waals surface area contributed by atoms with Crippen LogP contribution in [0.25, 0.3) is 0 Å². The standard InChI is InChI=1S/C24H28/c1-6-20-8-7-9-23(20)24(21-12-16(2)10-17(3)13-21)22-14-18(4)11-19(5)15-22/h7-8,10-15,24H,6,9H2,1-5H3. The first-order valence-corrected chi connectivity index (χ1v) is 9.02. The fourth-order valence-corrected chi connectivity index (χ4v) is 4.16. The average molecular weight is 316 g/mol. The molecule has 0 heteroatoms. The van der Waals surface area contributed by atoms with E-state index in [0.29, 0.717) is 5.92 Å². The molecule has 0 N–H and O–H groups in total. The van der Waals surface area contributed by atoms with Crippen molar-refractivity contribution in [3.63, 3.8) is 0 Å². The molecule has 0 radical (unpaired) electrons. The number of benzene rings is 2. The first-order valence-electron chi connectivity index (χ1n) is 9.02. The van der Waals surface area contributed by atoms with Crippen molar-refractivity contribution < 1.29 is 0 Å². The largest absolute Gasteiger partial charge is 0.0801 e. The second-order valence-electron chi connectivity index (χ2n) is 7.29. The Morgan fingerprint density at radius 2 is 1.21 bits per heavy atom.